The summed E-state index contributed by atoms with van der Waals surface area (Å²) in [5, 5.41) is 8.43. The van der Waals surface area contributed by atoms with Crippen LogP contribution in [0.25, 0.3) is 0 Å². The maximum Gasteiger partial charge on any atom is 0.267 e. The van der Waals surface area contributed by atoms with E-state index < -0.39 is 0 Å². The first-order chi connectivity index (χ1) is 11.8. The molecule has 0 bridgehead atoms. The number of aromatic nitrogens is 2. The standard InChI is InChI=1S/C16H11Br2Cl2N3OS/c1-8-4-14(21-16(24)13-6-11(17)15(18)25-13)22-23(8)7-9-2-3-10(19)5-12(9)20/h2-6H,7H2,1H3,(H,21,22,24). The van der Waals surface area contributed by atoms with Crippen molar-refractivity contribution >= 4 is 78.1 Å². The molecule has 25 heavy (non-hydrogen) atoms. The molecule has 3 rings (SSSR count). The maximum atomic E-state index is 12.3. The van der Waals surface area contributed by atoms with E-state index in [4.69, 9.17) is 23.2 Å². The molecule has 0 aliphatic rings. The summed E-state index contributed by atoms with van der Waals surface area (Å²) in [5.41, 5.74) is 1.82. The Morgan fingerprint density at radius 2 is 2.04 bits per heavy atom. The van der Waals surface area contributed by atoms with Crippen LogP contribution in [0.3, 0.4) is 0 Å². The van der Waals surface area contributed by atoms with Gasteiger partial charge < -0.3 is 5.32 Å². The van der Waals surface area contributed by atoms with E-state index in [0.29, 0.717) is 27.3 Å². The smallest absolute Gasteiger partial charge is 0.267 e. The van der Waals surface area contributed by atoms with E-state index >= 15 is 0 Å². The minimum absolute atomic E-state index is 0.203. The number of thiophene rings is 1. The molecule has 3 aromatic rings. The van der Waals surface area contributed by atoms with Gasteiger partial charge in [-0.1, -0.05) is 29.3 Å². The molecule has 0 radical (unpaired) electrons. The van der Waals surface area contributed by atoms with Gasteiger partial charge in [-0.2, -0.15) is 5.10 Å². The van der Waals surface area contributed by atoms with Crippen molar-refractivity contribution in [1.29, 1.82) is 0 Å². The minimum atomic E-state index is -0.203. The summed E-state index contributed by atoms with van der Waals surface area (Å²) in [6, 6.07) is 8.94. The van der Waals surface area contributed by atoms with Crippen LogP contribution in [-0.4, -0.2) is 15.7 Å². The molecule has 0 spiro atoms. The third-order valence-electron chi connectivity index (χ3n) is 3.43. The number of nitrogens with one attached hydrogen (secondary N) is 1. The number of benzene rings is 1. The Hall–Kier alpha value is -0.860. The molecular weight excluding hydrogens is 513 g/mol. The molecule has 0 aliphatic carbocycles. The summed E-state index contributed by atoms with van der Waals surface area (Å²) in [6.07, 6.45) is 0. The fraction of sp³-hybridized carbons (Fsp3) is 0.125. The van der Waals surface area contributed by atoms with Crippen molar-refractivity contribution in [2.24, 2.45) is 0 Å². The molecule has 9 heteroatoms. The van der Waals surface area contributed by atoms with Gasteiger partial charge in [-0.25, -0.2) is 0 Å². The van der Waals surface area contributed by atoms with Crippen molar-refractivity contribution in [1.82, 2.24) is 9.78 Å². The topological polar surface area (TPSA) is 46.9 Å². The van der Waals surface area contributed by atoms with Gasteiger partial charge in [0.25, 0.3) is 5.91 Å². The molecule has 0 fully saturated rings. The molecule has 1 N–H and O–H groups in total. The lowest BCUT2D eigenvalue weighted by atomic mass is 10.2. The summed E-state index contributed by atoms with van der Waals surface area (Å²) in [4.78, 5) is 12.9. The van der Waals surface area contributed by atoms with Crippen LogP contribution in [0.4, 0.5) is 5.82 Å². The Morgan fingerprint density at radius 3 is 2.68 bits per heavy atom. The number of aryl methyl sites for hydroxylation is 1. The van der Waals surface area contributed by atoms with Gasteiger partial charge in [0.1, 0.15) is 0 Å². The van der Waals surface area contributed by atoms with Crippen molar-refractivity contribution in [2.75, 3.05) is 5.32 Å². The van der Waals surface area contributed by atoms with Crippen LogP contribution in [0, 0.1) is 6.92 Å². The fourth-order valence-corrected chi connectivity index (χ4v) is 4.58. The Labute approximate surface area is 175 Å². The number of anilines is 1. The zero-order chi connectivity index (χ0) is 18.1. The Kier molecular flexibility index (Phi) is 5.90. The van der Waals surface area contributed by atoms with Gasteiger partial charge >= 0.3 is 0 Å². The van der Waals surface area contributed by atoms with E-state index in [-0.39, 0.29) is 5.91 Å². The van der Waals surface area contributed by atoms with Gasteiger partial charge in [0.05, 0.1) is 15.2 Å². The monoisotopic (exact) mass is 521 g/mol. The first-order valence-electron chi connectivity index (χ1n) is 7.08. The molecule has 0 saturated heterocycles. The number of carbonyl (C=O) groups excluding carboxylic acids is 1. The van der Waals surface area contributed by atoms with E-state index in [2.05, 4.69) is 42.3 Å². The molecule has 0 atom stereocenters. The number of halogens is 4. The normalized spacial score (nSPS) is 10.9. The maximum absolute atomic E-state index is 12.3. The summed E-state index contributed by atoms with van der Waals surface area (Å²) in [7, 11) is 0. The molecule has 130 valence electrons. The second kappa shape index (κ2) is 7.80. The Balaban J connectivity index is 1.77. The van der Waals surface area contributed by atoms with Crippen LogP contribution in [-0.2, 0) is 6.54 Å². The second-order valence-corrected chi connectivity index (χ2v) is 9.32. The number of amides is 1. The van der Waals surface area contributed by atoms with Crippen molar-refractivity contribution in [2.45, 2.75) is 13.5 Å². The number of nitrogens with zero attached hydrogens (tertiary/aromatic N) is 2. The zero-order valence-corrected chi connectivity index (χ0v) is 18.3. The molecule has 0 unspecified atom stereocenters. The van der Waals surface area contributed by atoms with E-state index in [1.807, 2.05) is 19.1 Å². The summed E-state index contributed by atoms with van der Waals surface area (Å²) in [5.74, 6) is 0.291. The van der Waals surface area contributed by atoms with E-state index in [1.54, 1.807) is 22.9 Å². The lowest BCUT2D eigenvalue weighted by molar-refractivity contribution is 0.103. The third-order valence-corrected chi connectivity index (χ3v) is 7.27. The summed E-state index contributed by atoms with van der Waals surface area (Å²) >= 11 is 20.3. The molecule has 1 amide bonds. The second-order valence-electron chi connectivity index (χ2n) is 5.25. The minimum Gasteiger partial charge on any atom is -0.304 e. The fourth-order valence-electron chi connectivity index (χ4n) is 2.18. The predicted molar refractivity (Wildman–Crippen MR) is 110 cm³/mol. The highest BCUT2D eigenvalue weighted by Gasteiger charge is 2.15. The Bertz CT molecular complexity index is 936. The number of hydrogen-bond acceptors (Lipinski definition) is 3. The van der Waals surface area contributed by atoms with Crippen LogP contribution < -0.4 is 5.32 Å². The van der Waals surface area contributed by atoms with Crippen molar-refractivity contribution in [3.8, 4) is 0 Å². The van der Waals surface area contributed by atoms with Gasteiger partial charge in [-0.15, -0.1) is 11.3 Å². The van der Waals surface area contributed by atoms with Gasteiger partial charge in [-0.05, 0) is 62.5 Å². The predicted octanol–water partition coefficient (Wildman–Crippen LogP) is 6.39. The van der Waals surface area contributed by atoms with Crippen molar-refractivity contribution in [3.05, 3.63) is 64.8 Å². The first-order valence-corrected chi connectivity index (χ1v) is 10.2. The van der Waals surface area contributed by atoms with Crippen LogP contribution in [0.1, 0.15) is 20.9 Å². The van der Waals surface area contributed by atoms with Crippen molar-refractivity contribution < 1.29 is 4.79 Å². The van der Waals surface area contributed by atoms with Crippen molar-refractivity contribution in [3.63, 3.8) is 0 Å². The molecule has 0 saturated carbocycles. The molecule has 4 nitrogen and oxygen atoms in total. The SMILES string of the molecule is Cc1cc(NC(=O)c2cc(Br)c(Br)s2)nn1Cc1ccc(Cl)cc1Cl. The van der Waals surface area contributed by atoms with Crippen LogP contribution in [0.5, 0.6) is 0 Å². The largest absolute Gasteiger partial charge is 0.304 e. The summed E-state index contributed by atoms with van der Waals surface area (Å²) < 4.78 is 3.50. The average molecular weight is 524 g/mol. The van der Waals surface area contributed by atoms with Gasteiger partial charge in [0.2, 0.25) is 0 Å². The molecule has 2 aromatic heterocycles. The zero-order valence-electron chi connectivity index (χ0n) is 12.8. The highest BCUT2D eigenvalue weighted by atomic mass is 79.9. The number of rotatable bonds is 4. The molecule has 1 aromatic carbocycles. The van der Waals surface area contributed by atoms with Gasteiger partial charge in [0.15, 0.2) is 5.82 Å². The lowest BCUT2D eigenvalue weighted by Gasteiger charge is -2.07. The van der Waals surface area contributed by atoms with E-state index in [0.717, 1.165) is 19.5 Å². The highest BCUT2D eigenvalue weighted by molar-refractivity contribution is 9.13. The third kappa shape index (κ3) is 4.46. The lowest BCUT2D eigenvalue weighted by Crippen LogP contribution is -2.11. The number of hydrogen-bond donors (Lipinski definition) is 1. The van der Waals surface area contributed by atoms with Gasteiger partial charge in [0, 0.05) is 26.3 Å². The highest BCUT2D eigenvalue weighted by Crippen LogP contribution is 2.32. The van der Waals surface area contributed by atoms with Crippen LogP contribution in [0.15, 0.2) is 38.6 Å². The van der Waals surface area contributed by atoms with Gasteiger partial charge in [-0.3, -0.25) is 9.48 Å². The number of carbonyl (C=O) groups is 1. The van der Waals surface area contributed by atoms with Crippen LogP contribution >= 0.6 is 66.4 Å². The molecule has 2 heterocycles. The first kappa shape index (κ1) is 18.9. The Morgan fingerprint density at radius 1 is 1.28 bits per heavy atom. The molecule has 0 aliphatic heterocycles. The van der Waals surface area contributed by atoms with E-state index in [9.17, 15) is 4.79 Å². The van der Waals surface area contributed by atoms with Crippen LogP contribution in [0.2, 0.25) is 10.0 Å². The quantitative estimate of drug-likeness (QED) is 0.431. The molecular formula is C16H11Br2Cl2N3OS. The summed E-state index contributed by atoms with van der Waals surface area (Å²) in [6.45, 7) is 2.42. The van der Waals surface area contributed by atoms with E-state index in [1.165, 1.54) is 11.3 Å². The average Bonchev–Trinajstić information content (AvgIpc) is 3.05.